The minimum atomic E-state index is 0.578. The smallest absolute Gasteiger partial charge is 0.0876 e. The lowest BCUT2D eigenvalue weighted by Gasteiger charge is -2.32. The van der Waals surface area contributed by atoms with Gasteiger partial charge >= 0.3 is 0 Å². The highest BCUT2D eigenvalue weighted by Gasteiger charge is 2.66. The molecule has 1 aliphatic heterocycles. The van der Waals surface area contributed by atoms with Crippen molar-refractivity contribution < 1.29 is 9.47 Å². The van der Waals surface area contributed by atoms with Crippen LogP contribution in [-0.4, -0.2) is 24.9 Å². The zero-order chi connectivity index (χ0) is 9.28. The van der Waals surface area contributed by atoms with E-state index < -0.39 is 0 Å². The topological polar surface area (TPSA) is 21.8 Å². The monoisotopic (exact) mass is 194 g/mol. The molecule has 2 bridgehead atoms. The number of rotatable bonds is 2. The summed E-state index contributed by atoms with van der Waals surface area (Å²) in [6, 6.07) is 0. The Hall–Kier alpha value is -0.0800. The first kappa shape index (κ1) is 8.12. The molecule has 14 heavy (non-hydrogen) atoms. The van der Waals surface area contributed by atoms with Gasteiger partial charge in [-0.15, -0.1) is 0 Å². The minimum Gasteiger partial charge on any atom is -0.378 e. The van der Waals surface area contributed by atoms with Gasteiger partial charge < -0.3 is 9.47 Å². The molecule has 0 aromatic heterocycles. The Kier molecular flexibility index (Phi) is 1.47. The largest absolute Gasteiger partial charge is 0.378 e. The average molecular weight is 194 g/mol. The molecule has 3 saturated carbocycles. The van der Waals surface area contributed by atoms with E-state index in [1.165, 1.54) is 19.3 Å². The molecule has 2 heteroatoms. The van der Waals surface area contributed by atoms with Crippen molar-refractivity contribution in [2.75, 3.05) is 6.61 Å². The maximum atomic E-state index is 5.86. The third-order valence-electron chi connectivity index (χ3n) is 5.07. The summed E-state index contributed by atoms with van der Waals surface area (Å²) in [6.07, 6.45) is 6.05. The van der Waals surface area contributed by atoms with E-state index in [-0.39, 0.29) is 0 Å². The van der Waals surface area contributed by atoms with Crippen LogP contribution in [0.3, 0.4) is 0 Å². The predicted octanol–water partition coefficient (Wildman–Crippen LogP) is 1.83. The number of epoxide rings is 1. The molecule has 4 aliphatic rings. The van der Waals surface area contributed by atoms with Gasteiger partial charge in [0.2, 0.25) is 0 Å². The molecule has 0 amide bonds. The van der Waals surface area contributed by atoms with Gasteiger partial charge in [0.05, 0.1) is 18.3 Å². The van der Waals surface area contributed by atoms with Gasteiger partial charge in [-0.2, -0.15) is 0 Å². The van der Waals surface area contributed by atoms with Crippen molar-refractivity contribution in [3.63, 3.8) is 0 Å². The lowest BCUT2D eigenvalue weighted by Crippen LogP contribution is -2.33. The Labute approximate surface area is 85.0 Å². The van der Waals surface area contributed by atoms with Crippen LogP contribution in [0.1, 0.15) is 26.2 Å². The Morgan fingerprint density at radius 1 is 1.21 bits per heavy atom. The highest BCUT2D eigenvalue weighted by atomic mass is 16.6. The molecular formula is C12H18O2. The molecule has 2 nitrogen and oxygen atoms in total. The molecule has 0 radical (unpaired) electrons. The summed E-state index contributed by atoms with van der Waals surface area (Å²) >= 11 is 0. The molecule has 0 aromatic carbocycles. The minimum absolute atomic E-state index is 0.578. The van der Waals surface area contributed by atoms with Crippen molar-refractivity contribution in [3.05, 3.63) is 0 Å². The lowest BCUT2D eigenvalue weighted by atomic mass is 9.79. The molecule has 3 aliphatic carbocycles. The maximum Gasteiger partial charge on any atom is 0.0876 e. The van der Waals surface area contributed by atoms with Crippen LogP contribution in [0.25, 0.3) is 0 Å². The molecule has 4 rings (SSSR count). The van der Waals surface area contributed by atoms with E-state index in [0.29, 0.717) is 18.3 Å². The van der Waals surface area contributed by atoms with Crippen LogP contribution in [0.4, 0.5) is 0 Å². The molecule has 7 unspecified atom stereocenters. The molecule has 1 saturated heterocycles. The number of fused-ring (bicyclic) bond motifs is 7. The Morgan fingerprint density at radius 2 is 2.14 bits per heavy atom. The van der Waals surface area contributed by atoms with E-state index in [0.717, 1.165) is 30.3 Å². The highest BCUT2D eigenvalue weighted by Crippen LogP contribution is 2.64. The molecule has 7 atom stereocenters. The Morgan fingerprint density at radius 3 is 3.00 bits per heavy atom. The predicted molar refractivity (Wildman–Crippen MR) is 51.9 cm³/mol. The lowest BCUT2D eigenvalue weighted by molar-refractivity contribution is -0.0172. The second-order valence-electron chi connectivity index (χ2n) is 5.51. The summed E-state index contributed by atoms with van der Waals surface area (Å²) in [7, 11) is 0. The fourth-order valence-corrected chi connectivity index (χ4v) is 4.65. The van der Waals surface area contributed by atoms with E-state index in [4.69, 9.17) is 9.47 Å². The first-order valence-electron chi connectivity index (χ1n) is 6.15. The Bertz CT molecular complexity index is 263. The van der Waals surface area contributed by atoms with E-state index in [2.05, 4.69) is 6.92 Å². The van der Waals surface area contributed by atoms with E-state index in [1.54, 1.807) is 0 Å². The standard InChI is InChI=1S/C12H18O2/c1-2-13-9-4-6-3-8(9)11-7(6)5-10-12(11)14-10/h6-12H,2-5H2,1H3. The van der Waals surface area contributed by atoms with Crippen LogP contribution < -0.4 is 0 Å². The third kappa shape index (κ3) is 0.849. The van der Waals surface area contributed by atoms with Crippen molar-refractivity contribution in [2.24, 2.45) is 23.7 Å². The summed E-state index contributed by atoms with van der Waals surface area (Å²) in [5.74, 6) is 3.73. The molecule has 78 valence electrons. The summed E-state index contributed by atoms with van der Waals surface area (Å²) in [6.45, 7) is 3.01. The Balaban J connectivity index is 1.59. The van der Waals surface area contributed by atoms with Gasteiger partial charge in [-0.25, -0.2) is 0 Å². The van der Waals surface area contributed by atoms with Crippen LogP contribution in [0.5, 0.6) is 0 Å². The number of ether oxygens (including phenoxy) is 2. The average Bonchev–Trinajstić information content (AvgIpc) is 2.61. The van der Waals surface area contributed by atoms with E-state index >= 15 is 0 Å². The highest BCUT2D eigenvalue weighted by molar-refractivity contribution is 5.14. The van der Waals surface area contributed by atoms with Gasteiger partial charge in [0.1, 0.15) is 0 Å². The fraction of sp³-hybridized carbons (Fsp3) is 1.00. The van der Waals surface area contributed by atoms with Crippen LogP contribution in [-0.2, 0) is 9.47 Å². The van der Waals surface area contributed by atoms with Crippen molar-refractivity contribution >= 4 is 0 Å². The van der Waals surface area contributed by atoms with Crippen molar-refractivity contribution in [2.45, 2.75) is 44.5 Å². The molecular weight excluding hydrogens is 176 g/mol. The van der Waals surface area contributed by atoms with Crippen molar-refractivity contribution in [1.82, 2.24) is 0 Å². The molecule has 0 aromatic rings. The van der Waals surface area contributed by atoms with Crippen LogP contribution in [0, 0.1) is 23.7 Å². The van der Waals surface area contributed by atoms with Crippen molar-refractivity contribution in [3.8, 4) is 0 Å². The van der Waals surface area contributed by atoms with Gasteiger partial charge in [-0.05, 0) is 49.9 Å². The van der Waals surface area contributed by atoms with Gasteiger partial charge in [-0.3, -0.25) is 0 Å². The van der Waals surface area contributed by atoms with Crippen LogP contribution >= 0.6 is 0 Å². The quantitative estimate of drug-likeness (QED) is 0.626. The summed E-state index contributed by atoms with van der Waals surface area (Å²) in [5, 5.41) is 0. The number of hydrogen-bond acceptors (Lipinski definition) is 2. The first-order valence-corrected chi connectivity index (χ1v) is 6.15. The van der Waals surface area contributed by atoms with Gasteiger partial charge in [0.25, 0.3) is 0 Å². The van der Waals surface area contributed by atoms with Gasteiger partial charge in [-0.1, -0.05) is 0 Å². The molecule has 1 heterocycles. The normalized spacial score (nSPS) is 62.8. The zero-order valence-electron chi connectivity index (χ0n) is 8.69. The molecule has 0 spiro atoms. The van der Waals surface area contributed by atoms with E-state index in [9.17, 15) is 0 Å². The SMILES string of the molecule is CCOC1CC2CC1C1C2CC2OC21. The van der Waals surface area contributed by atoms with Crippen LogP contribution in [0.2, 0.25) is 0 Å². The van der Waals surface area contributed by atoms with Gasteiger partial charge in [0, 0.05) is 6.61 Å². The van der Waals surface area contributed by atoms with Gasteiger partial charge in [0.15, 0.2) is 0 Å². The first-order chi connectivity index (χ1) is 6.88. The summed E-state index contributed by atoms with van der Waals surface area (Å²) in [4.78, 5) is 0. The number of hydrogen-bond donors (Lipinski definition) is 0. The summed E-state index contributed by atoms with van der Waals surface area (Å²) < 4.78 is 11.5. The zero-order valence-corrected chi connectivity index (χ0v) is 8.69. The summed E-state index contributed by atoms with van der Waals surface area (Å²) in [5.41, 5.74) is 0. The second-order valence-corrected chi connectivity index (χ2v) is 5.51. The third-order valence-corrected chi connectivity index (χ3v) is 5.07. The van der Waals surface area contributed by atoms with E-state index in [1.807, 2.05) is 0 Å². The fourth-order valence-electron chi connectivity index (χ4n) is 4.65. The molecule has 0 N–H and O–H groups in total. The maximum absolute atomic E-state index is 5.86. The molecule has 4 fully saturated rings. The van der Waals surface area contributed by atoms with Crippen LogP contribution in [0.15, 0.2) is 0 Å². The second kappa shape index (κ2) is 2.53. The van der Waals surface area contributed by atoms with Crippen molar-refractivity contribution in [1.29, 1.82) is 0 Å².